The maximum absolute atomic E-state index is 12.3. The molecule has 9 nitrogen and oxygen atoms in total. The molecule has 0 aliphatic heterocycles. The van der Waals surface area contributed by atoms with E-state index in [1.807, 2.05) is 38.1 Å². The Bertz CT molecular complexity index is 1430. The number of nitrogens with zero attached hydrogens (tertiary/aromatic N) is 2. The Morgan fingerprint density at radius 2 is 1.51 bits per heavy atom. The van der Waals surface area contributed by atoms with E-state index in [2.05, 4.69) is 36.8 Å². The van der Waals surface area contributed by atoms with E-state index < -0.39 is 17.9 Å². The number of halogens is 2. The maximum Gasteiger partial charge on any atom is 0.345 e. The first-order valence-electron chi connectivity index (χ1n) is 13.3. The quantitative estimate of drug-likeness (QED) is 0.0812. The minimum absolute atomic E-state index is 0.0781. The van der Waals surface area contributed by atoms with Crippen LogP contribution in [0.5, 0.6) is 0 Å². The van der Waals surface area contributed by atoms with Gasteiger partial charge in [0.05, 0.1) is 25.3 Å². The van der Waals surface area contributed by atoms with Gasteiger partial charge in [-0.1, -0.05) is 19.9 Å². The molecule has 0 aliphatic carbocycles. The van der Waals surface area contributed by atoms with Crippen LogP contribution in [0.25, 0.3) is 5.52 Å². The molecule has 0 amide bonds. The summed E-state index contributed by atoms with van der Waals surface area (Å²) < 4.78 is 17.9. The lowest BCUT2D eigenvalue weighted by Crippen LogP contribution is -2.24. The van der Waals surface area contributed by atoms with Crippen LogP contribution in [-0.2, 0) is 30.2 Å². The molecule has 11 heteroatoms. The fourth-order valence-electron chi connectivity index (χ4n) is 3.84. The molecule has 1 unspecified atom stereocenters. The summed E-state index contributed by atoms with van der Waals surface area (Å²) in [6.45, 7) is 9.68. The van der Waals surface area contributed by atoms with Gasteiger partial charge in [-0.3, -0.25) is 14.2 Å². The highest BCUT2D eigenvalue weighted by Crippen LogP contribution is 2.23. The van der Waals surface area contributed by atoms with Crippen LogP contribution >= 0.6 is 31.9 Å². The highest BCUT2D eigenvalue weighted by Gasteiger charge is 2.23. The van der Waals surface area contributed by atoms with E-state index in [4.69, 9.17) is 14.2 Å². The normalized spacial score (nSPS) is 11.1. The van der Waals surface area contributed by atoms with E-state index in [-0.39, 0.29) is 42.4 Å². The summed E-state index contributed by atoms with van der Waals surface area (Å²) >= 11 is 6.66. The number of aromatic nitrogens is 2. The Labute approximate surface area is 256 Å². The number of esters is 3. The van der Waals surface area contributed by atoms with Crippen molar-refractivity contribution < 1.29 is 28.6 Å². The van der Waals surface area contributed by atoms with Gasteiger partial charge in [0.1, 0.15) is 11.1 Å². The highest BCUT2D eigenvalue weighted by molar-refractivity contribution is 9.10. The SMILES string of the molecule is CCOC(=O)C(=CC(CC)c1ccc(Br)cn1)C(=O)OCC.CCOC(=O)c1cc(CC)c2ccc(Br)cn2c1=O. The molecular formula is C30H34Br2N2O7. The predicted molar refractivity (Wildman–Crippen MR) is 163 cm³/mol. The third-order valence-electron chi connectivity index (χ3n) is 5.81. The van der Waals surface area contributed by atoms with E-state index in [1.165, 1.54) is 4.40 Å². The number of hydrogen-bond donors (Lipinski definition) is 0. The van der Waals surface area contributed by atoms with Crippen molar-refractivity contribution in [1.29, 1.82) is 0 Å². The Morgan fingerprint density at radius 3 is 2.02 bits per heavy atom. The van der Waals surface area contributed by atoms with E-state index >= 15 is 0 Å². The number of ether oxygens (including phenoxy) is 3. The van der Waals surface area contributed by atoms with Gasteiger partial charge in [-0.2, -0.15) is 0 Å². The molecule has 0 fully saturated rings. The smallest absolute Gasteiger partial charge is 0.345 e. The molecule has 0 bridgehead atoms. The minimum atomic E-state index is -0.670. The number of carbonyl (C=O) groups excluding carboxylic acids is 3. The first-order chi connectivity index (χ1) is 19.6. The molecule has 3 aromatic heterocycles. The second kappa shape index (κ2) is 16.8. The third kappa shape index (κ3) is 9.36. The molecule has 1 atom stereocenters. The monoisotopic (exact) mass is 692 g/mol. The van der Waals surface area contributed by atoms with Crippen LogP contribution in [0.15, 0.2) is 68.1 Å². The Hall–Kier alpha value is -3.31. The lowest BCUT2D eigenvalue weighted by molar-refractivity contribution is -0.146. The van der Waals surface area contributed by atoms with Crippen LogP contribution in [0, 0.1) is 0 Å². The number of allylic oxidation sites excluding steroid dienone is 1. The Morgan fingerprint density at radius 1 is 0.902 bits per heavy atom. The van der Waals surface area contributed by atoms with Crippen molar-refractivity contribution in [2.45, 2.75) is 53.4 Å². The van der Waals surface area contributed by atoms with Gasteiger partial charge in [0, 0.05) is 33.0 Å². The van der Waals surface area contributed by atoms with Gasteiger partial charge >= 0.3 is 17.9 Å². The van der Waals surface area contributed by atoms with Gasteiger partial charge in [-0.25, -0.2) is 14.4 Å². The van der Waals surface area contributed by atoms with Gasteiger partial charge < -0.3 is 14.2 Å². The number of hydrogen-bond acceptors (Lipinski definition) is 8. The second-order valence-electron chi connectivity index (χ2n) is 8.50. The number of fused-ring (bicyclic) bond motifs is 1. The van der Waals surface area contributed by atoms with Crippen molar-refractivity contribution in [3.05, 3.63) is 90.5 Å². The lowest BCUT2D eigenvalue weighted by atomic mass is 9.98. The van der Waals surface area contributed by atoms with Crippen molar-refractivity contribution >= 4 is 55.3 Å². The molecule has 0 aromatic carbocycles. The van der Waals surface area contributed by atoms with Gasteiger partial charge in [0.2, 0.25) is 0 Å². The van der Waals surface area contributed by atoms with Crippen LogP contribution in [0.3, 0.4) is 0 Å². The van der Waals surface area contributed by atoms with Crippen LogP contribution in [-0.4, -0.2) is 47.1 Å². The summed E-state index contributed by atoms with van der Waals surface area (Å²) in [4.78, 5) is 52.4. The fraction of sp³-hybridized carbons (Fsp3) is 0.367. The standard InChI is InChI=1S/C16H20BrNO4.C14H14BrNO3/c1-4-11(14-8-7-12(17)10-18-14)9-13(15(19)21-5-2)16(20)22-6-3;1-3-9-7-11(14(18)19-4-2)13(17)16-8-10(15)5-6-12(9)16/h7-11H,4-6H2,1-3H3;5-8H,3-4H2,1-2H3. The van der Waals surface area contributed by atoms with Crippen molar-refractivity contribution in [3.63, 3.8) is 0 Å². The molecular weight excluding hydrogens is 660 g/mol. The van der Waals surface area contributed by atoms with Crippen LogP contribution in [0.1, 0.15) is 68.6 Å². The number of carbonyl (C=O) groups is 3. The second-order valence-corrected chi connectivity index (χ2v) is 10.3. The first kappa shape index (κ1) is 33.9. The zero-order chi connectivity index (χ0) is 30.5. The molecule has 0 saturated carbocycles. The van der Waals surface area contributed by atoms with E-state index in [0.717, 1.165) is 32.1 Å². The summed E-state index contributed by atoms with van der Waals surface area (Å²) in [5, 5.41) is 0. The molecule has 0 spiro atoms. The van der Waals surface area contributed by atoms with Crippen LogP contribution in [0.4, 0.5) is 0 Å². The molecule has 0 radical (unpaired) electrons. The van der Waals surface area contributed by atoms with Crippen molar-refractivity contribution in [2.24, 2.45) is 0 Å². The molecule has 0 saturated heterocycles. The summed E-state index contributed by atoms with van der Waals surface area (Å²) in [5.41, 5.74) is 2.16. The summed E-state index contributed by atoms with van der Waals surface area (Å²) in [5.74, 6) is -2.08. The van der Waals surface area contributed by atoms with E-state index in [9.17, 15) is 19.2 Å². The highest BCUT2D eigenvalue weighted by atomic mass is 79.9. The minimum Gasteiger partial charge on any atom is -0.462 e. The molecule has 220 valence electrons. The molecule has 41 heavy (non-hydrogen) atoms. The first-order valence-corrected chi connectivity index (χ1v) is 14.9. The zero-order valence-electron chi connectivity index (χ0n) is 23.7. The van der Waals surface area contributed by atoms with Crippen molar-refractivity contribution in [1.82, 2.24) is 9.38 Å². The Kier molecular flexibility index (Phi) is 13.9. The number of aryl methyl sites for hydroxylation is 1. The number of pyridine rings is 3. The third-order valence-corrected chi connectivity index (χ3v) is 6.75. The summed E-state index contributed by atoms with van der Waals surface area (Å²) in [7, 11) is 0. The number of rotatable bonds is 10. The maximum atomic E-state index is 12.3. The van der Waals surface area contributed by atoms with Gasteiger partial charge in [-0.05, 0) is 101 Å². The molecule has 0 aliphatic rings. The van der Waals surface area contributed by atoms with Crippen molar-refractivity contribution in [2.75, 3.05) is 19.8 Å². The molecule has 3 aromatic rings. The lowest BCUT2D eigenvalue weighted by Gasteiger charge is -2.12. The van der Waals surface area contributed by atoms with E-state index in [1.54, 1.807) is 45.3 Å². The molecule has 3 rings (SSSR count). The predicted octanol–water partition coefficient (Wildman–Crippen LogP) is 6.19. The summed E-state index contributed by atoms with van der Waals surface area (Å²) in [6.07, 6.45) is 6.35. The van der Waals surface area contributed by atoms with Crippen LogP contribution < -0.4 is 5.56 Å². The molecule has 0 N–H and O–H groups in total. The average Bonchev–Trinajstić information content (AvgIpc) is 2.95. The van der Waals surface area contributed by atoms with Crippen molar-refractivity contribution in [3.8, 4) is 0 Å². The van der Waals surface area contributed by atoms with Crippen LogP contribution in [0.2, 0.25) is 0 Å². The fourth-order valence-corrected chi connectivity index (χ4v) is 4.41. The van der Waals surface area contributed by atoms with Gasteiger partial charge in [-0.15, -0.1) is 0 Å². The largest absolute Gasteiger partial charge is 0.462 e. The molecule has 3 heterocycles. The average molecular weight is 694 g/mol. The zero-order valence-corrected chi connectivity index (χ0v) is 26.9. The topological polar surface area (TPSA) is 113 Å². The van der Waals surface area contributed by atoms with Gasteiger partial charge in [0.15, 0.2) is 0 Å². The Balaban J connectivity index is 0.000000289. The van der Waals surface area contributed by atoms with Gasteiger partial charge in [0.25, 0.3) is 5.56 Å². The summed E-state index contributed by atoms with van der Waals surface area (Å²) in [6, 6.07) is 9.08. The van der Waals surface area contributed by atoms with E-state index in [0.29, 0.717) is 6.42 Å².